The van der Waals surface area contributed by atoms with Crippen molar-refractivity contribution in [2.75, 3.05) is 5.32 Å². The maximum absolute atomic E-state index is 13.0. The minimum Gasteiger partial charge on any atom is -0.326 e. The van der Waals surface area contributed by atoms with Crippen molar-refractivity contribution in [3.63, 3.8) is 0 Å². The van der Waals surface area contributed by atoms with Gasteiger partial charge in [0.2, 0.25) is 5.91 Å². The molecule has 2 fully saturated rings. The first-order valence-electron chi connectivity index (χ1n) is 6.39. The van der Waals surface area contributed by atoms with Crippen LogP contribution in [0.15, 0.2) is 18.2 Å². The normalized spacial score (nSPS) is 29.6. The van der Waals surface area contributed by atoms with E-state index >= 15 is 0 Å². The van der Waals surface area contributed by atoms with Crippen molar-refractivity contribution >= 4 is 23.2 Å². The van der Waals surface area contributed by atoms with E-state index in [2.05, 4.69) is 5.32 Å². The number of nitrogens with one attached hydrogen (secondary N) is 1. The second-order valence-electron chi connectivity index (χ2n) is 5.40. The van der Waals surface area contributed by atoms with Gasteiger partial charge in [0.15, 0.2) is 0 Å². The largest absolute Gasteiger partial charge is 0.326 e. The number of rotatable bonds is 2. The average molecular weight is 268 g/mol. The maximum atomic E-state index is 13.0. The number of fused-ring (bicyclic) bond motifs is 2. The lowest BCUT2D eigenvalue weighted by atomic mass is 9.88. The molecular formula is C14H15ClFNO. The Balaban J connectivity index is 1.69. The highest BCUT2D eigenvalue weighted by Crippen LogP contribution is 2.48. The lowest BCUT2D eigenvalue weighted by Gasteiger charge is -2.20. The minimum atomic E-state index is -0.463. The number of hydrogen-bond acceptors (Lipinski definition) is 1. The van der Waals surface area contributed by atoms with Crippen LogP contribution < -0.4 is 5.32 Å². The van der Waals surface area contributed by atoms with Crippen LogP contribution in [0.4, 0.5) is 10.1 Å². The number of amides is 1. The van der Waals surface area contributed by atoms with E-state index in [0.29, 0.717) is 11.6 Å². The van der Waals surface area contributed by atoms with Crippen LogP contribution >= 0.6 is 11.6 Å². The summed E-state index contributed by atoms with van der Waals surface area (Å²) in [7, 11) is 0. The molecule has 1 N–H and O–H groups in total. The lowest BCUT2D eigenvalue weighted by molar-refractivity contribution is -0.121. The Labute approximate surface area is 111 Å². The van der Waals surface area contributed by atoms with E-state index in [1.165, 1.54) is 31.4 Å². The Morgan fingerprint density at radius 3 is 2.78 bits per heavy atom. The third-order valence-electron chi connectivity index (χ3n) is 4.26. The molecule has 3 atom stereocenters. The SMILES string of the molecule is O=C(Nc1ccc(F)c(Cl)c1)[C@H]1C[C@@H]2CC[C@H]1C2. The van der Waals surface area contributed by atoms with Gasteiger partial charge in [0.05, 0.1) is 5.02 Å². The van der Waals surface area contributed by atoms with Crippen LogP contribution in [0.3, 0.4) is 0 Å². The van der Waals surface area contributed by atoms with Gasteiger partial charge in [-0.05, 0) is 49.3 Å². The monoisotopic (exact) mass is 267 g/mol. The smallest absolute Gasteiger partial charge is 0.227 e. The molecule has 96 valence electrons. The Hall–Kier alpha value is -1.09. The molecule has 0 saturated heterocycles. The van der Waals surface area contributed by atoms with Crippen LogP contribution in [-0.2, 0) is 4.79 Å². The van der Waals surface area contributed by atoms with E-state index in [0.717, 1.165) is 12.3 Å². The highest BCUT2D eigenvalue weighted by Gasteiger charge is 2.42. The van der Waals surface area contributed by atoms with E-state index in [1.54, 1.807) is 6.07 Å². The summed E-state index contributed by atoms with van der Waals surface area (Å²) in [5.41, 5.74) is 0.578. The van der Waals surface area contributed by atoms with Crippen molar-refractivity contribution in [3.8, 4) is 0 Å². The predicted octanol–water partition coefficient (Wildman–Crippen LogP) is 3.85. The summed E-state index contributed by atoms with van der Waals surface area (Å²) in [5, 5.41) is 2.89. The molecule has 2 nitrogen and oxygen atoms in total. The van der Waals surface area contributed by atoms with Crippen LogP contribution in [0.25, 0.3) is 0 Å². The quantitative estimate of drug-likeness (QED) is 0.866. The van der Waals surface area contributed by atoms with Gasteiger partial charge in [-0.3, -0.25) is 4.79 Å². The highest BCUT2D eigenvalue weighted by molar-refractivity contribution is 6.31. The second kappa shape index (κ2) is 4.54. The Kier molecular flexibility index (Phi) is 3.02. The summed E-state index contributed by atoms with van der Waals surface area (Å²) in [4.78, 5) is 12.2. The summed E-state index contributed by atoms with van der Waals surface area (Å²) in [6, 6.07) is 4.28. The Morgan fingerprint density at radius 1 is 1.33 bits per heavy atom. The van der Waals surface area contributed by atoms with E-state index in [-0.39, 0.29) is 16.8 Å². The molecule has 2 bridgehead atoms. The lowest BCUT2D eigenvalue weighted by Crippen LogP contribution is -2.27. The van der Waals surface area contributed by atoms with Gasteiger partial charge in [-0.15, -0.1) is 0 Å². The van der Waals surface area contributed by atoms with Crippen molar-refractivity contribution in [1.29, 1.82) is 0 Å². The summed E-state index contributed by atoms with van der Waals surface area (Å²) >= 11 is 5.69. The van der Waals surface area contributed by atoms with Crippen molar-refractivity contribution in [1.82, 2.24) is 0 Å². The zero-order valence-electron chi connectivity index (χ0n) is 9.96. The van der Waals surface area contributed by atoms with Crippen LogP contribution in [-0.4, -0.2) is 5.91 Å². The fourth-order valence-electron chi connectivity index (χ4n) is 3.37. The third-order valence-corrected chi connectivity index (χ3v) is 4.55. The first kappa shape index (κ1) is 12.0. The Morgan fingerprint density at radius 2 is 2.17 bits per heavy atom. The van der Waals surface area contributed by atoms with Crippen LogP contribution in [0.2, 0.25) is 5.02 Å². The van der Waals surface area contributed by atoms with Gasteiger partial charge in [0.25, 0.3) is 0 Å². The molecule has 18 heavy (non-hydrogen) atoms. The summed E-state index contributed by atoms with van der Waals surface area (Å²) in [6.45, 7) is 0. The van der Waals surface area contributed by atoms with Gasteiger partial charge < -0.3 is 5.32 Å². The van der Waals surface area contributed by atoms with E-state index in [1.807, 2.05) is 0 Å². The molecule has 1 aromatic rings. The van der Waals surface area contributed by atoms with Crippen LogP contribution in [0, 0.1) is 23.6 Å². The fourth-order valence-corrected chi connectivity index (χ4v) is 3.56. The molecule has 0 radical (unpaired) electrons. The highest BCUT2D eigenvalue weighted by atomic mass is 35.5. The predicted molar refractivity (Wildman–Crippen MR) is 69.0 cm³/mol. The molecule has 0 unspecified atom stereocenters. The molecular weight excluding hydrogens is 253 g/mol. The zero-order chi connectivity index (χ0) is 12.7. The van der Waals surface area contributed by atoms with Gasteiger partial charge in [-0.1, -0.05) is 18.0 Å². The summed E-state index contributed by atoms with van der Waals surface area (Å²) in [5.74, 6) is 1.01. The van der Waals surface area contributed by atoms with Crippen molar-refractivity contribution in [3.05, 3.63) is 29.0 Å². The fraction of sp³-hybridized carbons (Fsp3) is 0.500. The van der Waals surface area contributed by atoms with Crippen LogP contribution in [0.5, 0.6) is 0 Å². The van der Waals surface area contributed by atoms with Crippen molar-refractivity contribution in [2.24, 2.45) is 17.8 Å². The second-order valence-corrected chi connectivity index (χ2v) is 5.81. The van der Waals surface area contributed by atoms with E-state index in [4.69, 9.17) is 11.6 Å². The van der Waals surface area contributed by atoms with Crippen molar-refractivity contribution in [2.45, 2.75) is 25.7 Å². The van der Waals surface area contributed by atoms with Gasteiger partial charge >= 0.3 is 0 Å². The number of carbonyl (C=O) groups is 1. The topological polar surface area (TPSA) is 29.1 Å². The van der Waals surface area contributed by atoms with Gasteiger partial charge in [-0.2, -0.15) is 0 Å². The third kappa shape index (κ3) is 2.12. The molecule has 0 spiro atoms. The number of benzene rings is 1. The first-order chi connectivity index (χ1) is 8.63. The molecule has 1 amide bonds. The molecule has 2 aliphatic carbocycles. The van der Waals surface area contributed by atoms with E-state index in [9.17, 15) is 9.18 Å². The molecule has 2 saturated carbocycles. The standard InChI is InChI=1S/C14H15ClFNO/c15-12-7-10(3-4-13(12)16)17-14(18)11-6-8-1-2-9(11)5-8/h3-4,7-9,11H,1-2,5-6H2,(H,17,18)/t8-,9+,11+/m1/s1. The average Bonchev–Trinajstić information content (AvgIpc) is 2.96. The molecule has 0 heterocycles. The molecule has 2 aliphatic rings. The van der Waals surface area contributed by atoms with E-state index < -0.39 is 5.82 Å². The van der Waals surface area contributed by atoms with Crippen LogP contribution in [0.1, 0.15) is 25.7 Å². The van der Waals surface area contributed by atoms with Gasteiger partial charge in [-0.25, -0.2) is 4.39 Å². The molecule has 1 aromatic carbocycles. The molecule has 4 heteroatoms. The first-order valence-corrected chi connectivity index (χ1v) is 6.77. The number of halogens is 2. The number of anilines is 1. The number of hydrogen-bond donors (Lipinski definition) is 1. The summed E-state index contributed by atoms with van der Waals surface area (Å²) in [6.07, 6.45) is 4.65. The molecule has 3 rings (SSSR count). The minimum absolute atomic E-state index is 0.0424. The zero-order valence-corrected chi connectivity index (χ0v) is 10.7. The van der Waals surface area contributed by atoms with Crippen molar-refractivity contribution < 1.29 is 9.18 Å². The number of carbonyl (C=O) groups excluding carboxylic acids is 1. The van der Waals surface area contributed by atoms with Gasteiger partial charge in [0, 0.05) is 11.6 Å². The Bertz CT molecular complexity index is 491. The summed E-state index contributed by atoms with van der Waals surface area (Å²) < 4.78 is 13.0. The molecule has 0 aliphatic heterocycles. The molecule has 0 aromatic heterocycles. The van der Waals surface area contributed by atoms with Gasteiger partial charge in [0.1, 0.15) is 5.82 Å². The maximum Gasteiger partial charge on any atom is 0.227 e.